The van der Waals surface area contributed by atoms with Gasteiger partial charge >= 0.3 is 27.7 Å². The third kappa shape index (κ3) is 5.81. The molecule has 7 atom stereocenters. The summed E-state index contributed by atoms with van der Waals surface area (Å²) in [6.45, 7) is 0. The van der Waals surface area contributed by atoms with Gasteiger partial charge in [-0.25, -0.2) is 0 Å². The first kappa shape index (κ1) is 24.7. The monoisotopic (exact) mass is 559 g/mol. The minimum atomic E-state index is 1.14. The van der Waals surface area contributed by atoms with Crippen molar-refractivity contribution in [2.75, 3.05) is 19.0 Å². The van der Waals surface area contributed by atoms with Gasteiger partial charge in [-0.05, 0) is 79.6 Å². The molecule has 0 N–H and O–H groups in total. The van der Waals surface area contributed by atoms with E-state index in [-0.39, 0.29) is 0 Å². The van der Waals surface area contributed by atoms with E-state index in [1.807, 2.05) is 18.2 Å². The number of rotatable bonds is 4. The summed E-state index contributed by atoms with van der Waals surface area (Å²) in [5, 5.41) is 0. The Balaban J connectivity index is 0.000000142. The van der Waals surface area contributed by atoms with E-state index in [2.05, 4.69) is 83.1 Å². The maximum absolute atomic E-state index is 4.49. The van der Waals surface area contributed by atoms with Crippen LogP contribution < -0.4 is 4.90 Å². The first-order valence-electron chi connectivity index (χ1n) is 12.3. The van der Waals surface area contributed by atoms with Crippen LogP contribution in [-0.2, 0) is 18.2 Å². The van der Waals surface area contributed by atoms with Gasteiger partial charge in [0, 0.05) is 19.8 Å². The van der Waals surface area contributed by atoms with Crippen molar-refractivity contribution in [3.63, 3.8) is 0 Å². The van der Waals surface area contributed by atoms with Gasteiger partial charge in [0.1, 0.15) is 0 Å². The van der Waals surface area contributed by atoms with E-state index in [4.69, 9.17) is 0 Å². The number of benzene rings is 2. The van der Waals surface area contributed by atoms with Gasteiger partial charge in [-0.2, -0.15) is 0 Å². The van der Waals surface area contributed by atoms with Gasteiger partial charge in [0.25, 0.3) is 0 Å². The van der Waals surface area contributed by atoms with Crippen LogP contribution in [0, 0.1) is 29.7 Å². The van der Waals surface area contributed by atoms with Gasteiger partial charge < -0.3 is 4.90 Å². The van der Waals surface area contributed by atoms with Gasteiger partial charge in [-0.15, -0.1) is 44.5 Å². The Kier molecular flexibility index (Phi) is 9.16. The zero-order chi connectivity index (χ0) is 22.5. The molecule has 4 heteroatoms. The van der Waals surface area contributed by atoms with Crippen LogP contribution in [0.4, 0.5) is 5.69 Å². The van der Waals surface area contributed by atoms with Gasteiger partial charge in [0.15, 0.2) is 0 Å². The third-order valence-corrected chi connectivity index (χ3v) is 10.6. The Labute approximate surface area is 212 Å². The second-order valence-corrected chi connectivity index (χ2v) is 12.2. The zero-order valence-electron chi connectivity index (χ0n) is 19.4. The van der Waals surface area contributed by atoms with Crippen molar-refractivity contribution in [3.8, 4) is 11.1 Å². The molecule has 2 aromatic carbocycles. The van der Waals surface area contributed by atoms with E-state index in [0.29, 0.717) is 0 Å². The summed E-state index contributed by atoms with van der Waals surface area (Å²) in [7, 11) is 9.98. The molecule has 0 radical (unpaired) electrons. The quantitative estimate of drug-likeness (QED) is 0.209. The third-order valence-electron chi connectivity index (χ3n) is 8.29. The number of anilines is 1. The second-order valence-electron chi connectivity index (χ2n) is 10.4. The molecule has 0 saturated heterocycles. The molecule has 0 amide bonds. The van der Waals surface area contributed by atoms with Crippen molar-refractivity contribution in [1.82, 2.24) is 0 Å². The summed E-state index contributed by atoms with van der Waals surface area (Å²) in [6, 6.07) is 19.7. The van der Waals surface area contributed by atoms with E-state index < -0.39 is 0 Å². The molecule has 32 heavy (non-hydrogen) atoms. The number of halogens is 1. The first-order chi connectivity index (χ1) is 15.7. The first-order valence-corrected chi connectivity index (χ1v) is 15.4. The summed E-state index contributed by atoms with van der Waals surface area (Å²) in [4.78, 5) is 2.12. The minimum absolute atomic E-state index is 1.14. The molecule has 4 aliphatic rings. The Morgan fingerprint density at radius 2 is 1.41 bits per heavy atom. The molecular formula is C28H37ClNPPd. The molecule has 176 valence electrons. The van der Waals surface area contributed by atoms with Crippen molar-refractivity contribution in [1.29, 1.82) is 0 Å². The molecule has 1 nitrogen and oxygen atoms in total. The molecule has 0 heterocycles. The van der Waals surface area contributed by atoms with E-state index >= 15 is 0 Å². The molecule has 5 unspecified atom stereocenters. The van der Waals surface area contributed by atoms with Crippen LogP contribution in [0.25, 0.3) is 11.1 Å². The Bertz CT molecular complexity index is 818. The zero-order valence-corrected chi connectivity index (χ0v) is 22.7. The molecule has 0 aromatic heterocycles. The molecular weight excluding hydrogens is 523 g/mol. The summed E-state index contributed by atoms with van der Waals surface area (Å²) >= 11 is 2.22. The summed E-state index contributed by atoms with van der Waals surface area (Å²) in [6.07, 6.45) is 12.9. The molecule has 6 rings (SSSR count). The number of hydrogen-bond donors (Lipinski definition) is 0. The number of fused-ring (bicyclic) bond motifs is 4. The molecule has 0 spiro atoms. The average Bonchev–Trinajstić information content (AvgIpc) is 3.64. The van der Waals surface area contributed by atoms with Gasteiger partial charge in [0.2, 0.25) is 0 Å². The molecule has 0 aliphatic heterocycles. The SMILES string of the molecule is C1CC2CC1CC2PC1C[C@H]2CC[C@@H]1C2.CN(C)c1ccccc1-c1[c-]cccc1.[Cl][Pd+]. The summed E-state index contributed by atoms with van der Waals surface area (Å²) < 4.78 is 0. The van der Waals surface area contributed by atoms with Crippen molar-refractivity contribution < 1.29 is 18.2 Å². The normalized spacial score (nSPS) is 31.9. The molecule has 2 aromatic rings. The Hall–Kier alpha value is -0.378. The molecule has 4 saturated carbocycles. The molecule has 4 aliphatic carbocycles. The Morgan fingerprint density at radius 3 is 1.88 bits per heavy atom. The second kappa shape index (κ2) is 11.8. The standard InChI is InChI=1S/C14H14N.C14H23P.ClH.Pd/c1-15(2)14-11-7-6-10-13(14)12-8-4-3-5-9-12;1-3-11-5-9(1)7-13(11)15-14-8-10-2-4-12(14)6-10;;/h3-8,10-11H,1-2H3;9-15H,1-8H2;1H;/q-1;;;+2/p-1/t;9-,10?,11+,12?,13?,14?;;/m.0../s1. The molecule has 4 bridgehead atoms. The predicted molar refractivity (Wildman–Crippen MR) is 138 cm³/mol. The van der Waals surface area contributed by atoms with Crippen LogP contribution in [0.2, 0.25) is 0 Å². The molecule has 4 fully saturated rings. The van der Waals surface area contributed by atoms with Crippen LogP contribution >= 0.6 is 18.1 Å². The van der Waals surface area contributed by atoms with Gasteiger partial charge in [-0.1, -0.05) is 36.6 Å². The van der Waals surface area contributed by atoms with Crippen LogP contribution in [0.5, 0.6) is 0 Å². The van der Waals surface area contributed by atoms with Crippen molar-refractivity contribution in [3.05, 3.63) is 54.6 Å². The maximum atomic E-state index is 4.49. The van der Waals surface area contributed by atoms with Crippen LogP contribution in [0.15, 0.2) is 48.5 Å². The van der Waals surface area contributed by atoms with Crippen molar-refractivity contribution in [2.45, 2.75) is 62.7 Å². The van der Waals surface area contributed by atoms with Crippen LogP contribution in [-0.4, -0.2) is 25.4 Å². The van der Waals surface area contributed by atoms with E-state index in [1.54, 1.807) is 51.4 Å². The fourth-order valence-electron chi connectivity index (χ4n) is 6.82. The Morgan fingerprint density at radius 1 is 0.812 bits per heavy atom. The van der Waals surface area contributed by atoms with E-state index in [0.717, 1.165) is 5.56 Å². The van der Waals surface area contributed by atoms with E-state index in [1.165, 1.54) is 54.8 Å². The number of para-hydroxylation sites is 1. The van der Waals surface area contributed by atoms with Gasteiger partial charge in [0.05, 0.1) is 0 Å². The average molecular weight is 560 g/mol. The van der Waals surface area contributed by atoms with E-state index in [9.17, 15) is 0 Å². The van der Waals surface area contributed by atoms with Crippen LogP contribution in [0.3, 0.4) is 0 Å². The number of hydrogen-bond acceptors (Lipinski definition) is 1. The van der Waals surface area contributed by atoms with Crippen LogP contribution in [0.1, 0.15) is 51.4 Å². The van der Waals surface area contributed by atoms with Crippen molar-refractivity contribution in [2.24, 2.45) is 23.7 Å². The van der Waals surface area contributed by atoms with Gasteiger partial charge in [-0.3, -0.25) is 0 Å². The fourth-order valence-corrected chi connectivity index (χ4v) is 9.46. The summed E-state index contributed by atoms with van der Waals surface area (Å²) in [5.74, 6) is 4.72. The number of nitrogens with zero attached hydrogens (tertiary/aromatic N) is 1. The predicted octanol–water partition coefficient (Wildman–Crippen LogP) is 7.95. The van der Waals surface area contributed by atoms with Crippen molar-refractivity contribution >= 4 is 23.8 Å². The summed E-state index contributed by atoms with van der Waals surface area (Å²) in [5.41, 5.74) is 5.99. The topological polar surface area (TPSA) is 3.24 Å². The fraction of sp³-hybridized carbons (Fsp3) is 0.571.